The third-order valence-corrected chi connectivity index (χ3v) is 5.46. The third kappa shape index (κ3) is 2.80. The molecule has 0 aliphatic carbocycles. The SMILES string of the molecule is C=C/C=C\c1c(CC)oc2ccc(-c3cc(C)cc4c3oc3ccccc34)cc12. The highest BCUT2D eigenvalue weighted by molar-refractivity contribution is 6.10. The van der Waals surface area contributed by atoms with Crippen LogP contribution in [0.15, 0.2) is 82.2 Å². The van der Waals surface area contributed by atoms with Gasteiger partial charge in [-0.2, -0.15) is 0 Å². The molecule has 0 unspecified atom stereocenters. The van der Waals surface area contributed by atoms with E-state index in [1.807, 2.05) is 18.2 Å². The maximum atomic E-state index is 6.28. The van der Waals surface area contributed by atoms with Crippen molar-refractivity contribution in [1.29, 1.82) is 0 Å². The van der Waals surface area contributed by atoms with Crippen molar-refractivity contribution < 1.29 is 8.83 Å². The fourth-order valence-electron chi connectivity index (χ4n) is 4.13. The number of rotatable bonds is 4. The fraction of sp³-hybridized carbons (Fsp3) is 0.111. The number of fused-ring (bicyclic) bond motifs is 4. The van der Waals surface area contributed by atoms with E-state index in [9.17, 15) is 0 Å². The van der Waals surface area contributed by atoms with Gasteiger partial charge in [-0.05, 0) is 48.4 Å². The molecule has 0 saturated carbocycles. The molecule has 0 radical (unpaired) electrons. The number of allylic oxidation sites excluding steroid dienone is 2. The summed E-state index contributed by atoms with van der Waals surface area (Å²) in [6.45, 7) is 8.04. The van der Waals surface area contributed by atoms with Crippen LogP contribution in [0.1, 0.15) is 23.8 Å². The van der Waals surface area contributed by atoms with Crippen molar-refractivity contribution >= 4 is 39.0 Å². The van der Waals surface area contributed by atoms with Crippen LogP contribution in [0.5, 0.6) is 0 Å². The van der Waals surface area contributed by atoms with Gasteiger partial charge in [-0.15, -0.1) is 0 Å². The molecule has 0 fully saturated rings. The molecule has 142 valence electrons. The Hall–Kier alpha value is -3.52. The maximum absolute atomic E-state index is 6.28. The third-order valence-electron chi connectivity index (χ3n) is 5.46. The van der Waals surface area contributed by atoms with E-state index in [1.54, 1.807) is 6.08 Å². The number of benzene rings is 3. The van der Waals surface area contributed by atoms with Crippen molar-refractivity contribution in [2.75, 3.05) is 0 Å². The molecule has 5 rings (SSSR count). The average molecular weight is 378 g/mol. The second kappa shape index (κ2) is 6.82. The van der Waals surface area contributed by atoms with Gasteiger partial charge in [-0.25, -0.2) is 0 Å². The molecule has 2 nitrogen and oxygen atoms in total. The zero-order chi connectivity index (χ0) is 20.0. The first-order valence-corrected chi connectivity index (χ1v) is 9.96. The van der Waals surface area contributed by atoms with Crippen LogP contribution >= 0.6 is 0 Å². The predicted octanol–water partition coefficient (Wildman–Crippen LogP) is 8.07. The molecular formula is C27H22O2. The number of hydrogen-bond acceptors (Lipinski definition) is 2. The van der Waals surface area contributed by atoms with Crippen LogP contribution in [-0.4, -0.2) is 0 Å². The number of hydrogen-bond donors (Lipinski definition) is 0. The van der Waals surface area contributed by atoms with Crippen LogP contribution in [0.25, 0.3) is 50.1 Å². The summed E-state index contributed by atoms with van der Waals surface area (Å²) in [7, 11) is 0. The Morgan fingerprint density at radius 1 is 0.897 bits per heavy atom. The van der Waals surface area contributed by atoms with Crippen LogP contribution in [0, 0.1) is 6.92 Å². The molecule has 2 heteroatoms. The first-order valence-electron chi connectivity index (χ1n) is 9.96. The number of para-hydroxylation sites is 1. The Bertz CT molecular complexity index is 1410. The second-order valence-corrected chi connectivity index (χ2v) is 7.39. The van der Waals surface area contributed by atoms with Gasteiger partial charge in [0.15, 0.2) is 0 Å². The quantitative estimate of drug-likeness (QED) is 0.296. The average Bonchev–Trinajstić information content (AvgIpc) is 3.29. The van der Waals surface area contributed by atoms with E-state index in [-0.39, 0.29) is 0 Å². The summed E-state index contributed by atoms with van der Waals surface area (Å²) in [5, 5.41) is 3.42. The van der Waals surface area contributed by atoms with Crippen molar-refractivity contribution in [1.82, 2.24) is 0 Å². The molecule has 5 aromatic rings. The summed E-state index contributed by atoms with van der Waals surface area (Å²) >= 11 is 0. The molecule has 2 aromatic heterocycles. The monoisotopic (exact) mass is 378 g/mol. The van der Waals surface area contributed by atoms with Gasteiger partial charge in [0.25, 0.3) is 0 Å². The van der Waals surface area contributed by atoms with Gasteiger partial charge < -0.3 is 8.83 Å². The van der Waals surface area contributed by atoms with Gasteiger partial charge >= 0.3 is 0 Å². The lowest BCUT2D eigenvalue weighted by molar-refractivity contribution is 0.556. The number of aryl methyl sites for hydroxylation is 2. The lowest BCUT2D eigenvalue weighted by Gasteiger charge is -2.05. The minimum atomic E-state index is 0.846. The summed E-state index contributed by atoms with van der Waals surface area (Å²) < 4.78 is 12.4. The minimum Gasteiger partial charge on any atom is -0.460 e. The highest BCUT2D eigenvalue weighted by Crippen LogP contribution is 2.39. The molecular weight excluding hydrogens is 356 g/mol. The van der Waals surface area contributed by atoms with E-state index in [0.717, 1.165) is 61.8 Å². The van der Waals surface area contributed by atoms with Crippen LogP contribution < -0.4 is 0 Å². The Labute approximate surface area is 169 Å². The lowest BCUT2D eigenvalue weighted by Crippen LogP contribution is -1.83. The predicted molar refractivity (Wildman–Crippen MR) is 122 cm³/mol. The Kier molecular flexibility index (Phi) is 4.13. The van der Waals surface area contributed by atoms with Gasteiger partial charge in [0.2, 0.25) is 0 Å². The molecule has 0 aliphatic heterocycles. The Morgan fingerprint density at radius 2 is 1.72 bits per heavy atom. The summed E-state index contributed by atoms with van der Waals surface area (Å²) in [5.41, 5.74) is 7.33. The van der Waals surface area contributed by atoms with E-state index in [1.165, 1.54) is 5.56 Å². The molecule has 0 aliphatic rings. The lowest BCUT2D eigenvalue weighted by atomic mass is 9.97. The smallest absolute Gasteiger partial charge is 0.143 e. The van der Waals surface area contributed by atoms with Gasteiger partial charge in [-0.1, -0.05) is 56.0 Å². The van der Waals surface area contributed by atoms with Crippen LogP contribution in [-0.2, 0) is 6.42 Å². The molecule has 29 heavy (non-hydrogen) atoms. The maximum Gasteiger partial charge on any atom is 0.143 e. The van der Waals surface area contributed by atoms with Crippen molar-refractivity contribution in [3.8, 4) is 11.1 Å². The molecule has 0 N–H and O–H groups in total. The van der Waals surface area contributed by atoms with Crippen molar-refractivity contribution in [2.45, 2.75) is 20.3 Å². The first-order chi connectivity index (χ1) is 14.2. The topological polar surface area (TPSA) is 26.3 Å². The highest BCUT2D eigenvalue weighted by atomic mass is 16.3. The van der Waals surface area contributed by atoms with Gasteiger partial charge in [0.1, 0.15) is 22.5 Å². The summed E-state index contributed by atoms with van der Waals surface area (Å²) in [6, 6.07) is 19.0. The highest BCUT2D eigenvalue weighted by Gasteiger charge is 2.16. The largest absolute Gasteiger partial charge is 0.460 e. The molecule has 0 atom stereocenters. The van der Waals surface area contributed by atoms with Gasteiger partial charge in [-0.3, -0.25) is 0 Å². The van der Waals surface area contributed by atoms with Gasteiger partial charge in [0.05, 0.1) is 0 Å². The molecule has 2 heterocycles. The standard InChI is InChI=1S/C27H22O2/c1-4-6-9-19-22-16-18(12-13-26(22)28-24(19)5-2)21-14-17(3)15-23-20-10-7-8-11-25(20)29-27(21)23/h4,6-16H,1,5H2,2-3H3/b9-6-. The summed E-state index contributed by atoms with van der Waals surface area (Å²) in [4.78, 5) is 0. The zero-order valence-electron chi connectivity index (χ0n) is 16.7. The minimum absolute atomic E-state index is 0.846. The van der Waals surface area contributed by atoms with E-state index in [4.69, 9.17) is 8.83 Å². The Balaban J connectivity index is 1.80. The van der Waals surface area contributed by atoms with Crippen molar-refractivity contribution in [3.05, 3.63) is 90.2 Å². The first kappa shape index (κ1) is 17.6. The van der Waals surface area contributed by atoms with E-state index < -0.39 is 0 Å². The number of furan rings is 2. The fourth-order valence-corrected chi connectivity index (χ4v) is 4.13. The Morgan fingerprint density at radius 3 is 2.55 bits per heavy atom. The molecule has 0 bridgehead atoms. The van der Waals surface area contributed by atoms with E-state index in [0.29, 0.717) is 0 Å². The van der Waals surface area contributed by atoms with Crippen LogP contribution in [0.4, 0.5) is 0 Å². The van der Waals surface area contributed by atoms with Crippen LogP contribution in [0.3, 0.4) is 0 Å². The van der Waals surface area contributed by atoms with Crippen molar-refractivity contribution in [2.24, 2.45) is 0 Å². The molecule has 0 spiro atoms. The summed E-state index contributed by atoms with van der Waals surface area (Å²) in [5.74, 6) is 0.994. The summed E-state index contributed by atoms with van der Waals surface area (Å²) in [6.07, 6.45) is 6.68. The van der Waals surface area contributed by atoms with E-state index in [2.05, 4.69) is 69.0 Å². The van der Waals surface area contributed by atoms with Gasteiger partial charge in [0, 0.05) is 33.7 Å². The zero-order valence-corrected chi connectivity index (χ0v) is 16.7. The van der Waals surface area contributed by atoms with Crippen molar-refractivity contribution in [3.63, 3.8) is 0 Å². The van der Waals surface area contributed by atoms with E-state index >= 15 is 0 Å². The molecule has 3 aromatic carbocycles. The molecule has 0 saturated heterocycles. The molecule has 0 amide bonds. The van der Waals surface area contributed by atoms with Crippen LogP contribution in [0.2, 0.25) is 0 Å². The normalized spacial score (nSPS) is 11.9. The second-order valence-electron chi connectivity index (χ2n) is 7.39.